The first-order valence-electron chi connectivity index (χ1n) is 3.83. The van der Waals surface area contributed by atoms with E-state index in [0.717, 1.165) is 0 Å². The van der Waals surface area contributed by atoms with E-state index in [4.69, 9.17) is 0 Å². The topological polar surface area (TPSA) is 12.0 Å². The summed E-state index contributed by atoms with van der Waals surface area (Å²) in [6.07, 6.45) is -2.41. The largest absolute Gasteiger partial charge is 0.317 e. The van der Waals surface area contributed by atoms with Gasteiger partial charge < -0.3 is 5.32 Å². The average molecular weight is 167 g/mol. The fourth-order valence-electron chi connectivity index (χ4n) is 1.27. The summed E-state index contributed by atoms with van der Waals surface area (Å²) in [6.45, 7) is 1.01. The molecular weight excluding hydrogens is 155 g/mol. The van der Waals surface area contributed by atoms with Crippen molar-refractivity contribution in [3.05, 3.63) is 0 Å². The minimum atomic E-state index is -2.83. The predicted molar refractivity (Wildman–Crippen MR) is 36.6 cm³/mol. The first-order valence-corrected chi connectivity index (χ1v) is 3.83. The zero-order valence-corrected chi connectivity index (χ0v) is 6.25. The molecule has 1 atom stereocenters. The Hall–Kier alpha value is -0.250. The van der Waals surface area contributed by atoms with Gasteiger partial charge in [0, 0.05) is 0 Å². The molecule has 1 rings (SSSR count). The summed E-state index contributed by atoms with van der Waals surface area (Å²) in [7, 11) is 0. The quantitative estimate of drug-likeness (QED) is 0.627. The zero-order chi connectivity index (χ0) is 8.32. The molecule has 0 spiro atoms. The first-order chi connectivity index (χ1) is 5.15. The summed E-state index contributed by atoms with van der Waals surface area (Å²) in [6, 6.07) is 0. The molecule has 11 heavy (non-hydrogen) atoms. The Morgan fingerprint density at radius 1 is 1.18 bits per heavy atom. The molecular formula is C7H12F3N. The highest BCUT2D eigenvalue weighted by atomic mass is 19.3. The molecule has 0 bridgehead atoms. The van der Waals surface area contributed by atoms with Gasteiger partial charge in [0.25, 0.3) is 6.43 Å². The van der Waals surface area contributed by atoms with Crippen molar-refractivity contribution in [2.75, 3.05) is 13.1 Å². The maximum atomic E-state index is 13.2. The molecule has 1 saturated heterocycles. The molecule has 0 amide bonds. The van der Waals surface area contributed by atoms with Crippen molar-refractivity contribution < 1.29 is 13.2 Å². The smallest absolute Gasteiger partial charge is 0.272 e. The van der Waals surface area contributed by atoms with Crippen LogP contribution in [0.5, 0.6) is 0 Å². The molecule has 1 N–H and O–H groups in total. The number of halogens is 3. The normalized spacial score (nSPS) is 33.8. The molecule has 0 aliphatic carbocycles. The highest BCUT2D eigenvalue weighted by Gasteiger charge is 2.39. The van der Waals surface area contributed by atoms with Crippen LogP contribution in [-0.2, 0) is 0 Å². The lowest BCUT2D eigenvalue weighted by Gasteiger charge is -2.21. The predicted octanol–water partition coefficient (Wildman–Crippen LogP) is 1.73. The van der Waals surface area contributed by atoms with Crippen LogP contribution in [0.3, 0.4) is 0 Å². The van der Waals surface area contributed by atoms with Gasteiger partial charge in [-0.2, -0.15) is 0 Å². The molecule has 0 aromatic rings. The van der Waals surface area contributed by atoms with Crippen LogP contribution >= 0.6 is 0 Å². The Kier molecular flexibility index (Phi) is 2.76. The van der Waals surface area contributed by atoms with E-state index in [1.165, 1.54) is 0 Å². The molecule has 0 saturated carbocycles. The molecule has 1 heterocycles. The third kappa shape index (κ3) is 2.09. The maximum Gasteiger partial charge on any atom is 0.272 e. The van der Waals surface area contributed by atoms with E-state index in [9.17, 15) is 13.2 Å². The van der Waals surface area contributed by atoms with Crippen LogP contribution < -0.4 is 5.32 Å². The lowest BCUT2D eigenvalue weighted by Crippen LogP contribution is -2.33. The second kappa shape index (κ2) is 3.43. The Morgan fingerprint density at radius 3 is 2.55 bits per heavy atom. The Labute approximate surface area is 64.0 Å². The Bertz CT molecular complexity index is 119. The lowest BCUT2D eigenvalue weighted by atomic mass is 9.98. The first kappa shape index (κ1) is 8.84. The van der Waals surface area contributed by atoms with Crippen molar-refractivity contribution in [1.29, 1.82) is 0 Å². The summed E-state index contributed by atoms with van der Waals surface area (Å²) in [5, 5.41) is 2.88. The monoisotopic (exact) mass is 167 g/mol. The van der Waals surface area contributed by atoms with Crippen molar-refractivity contribution in [1.82, 2.24) is 5.32 Å². The van der Waals surface area contributed by atoms with Crippen LogP contribution in [0.1, 0.15) is 19.3 Å². The number of rotatable bonds is 1. The van der Waals surface area contributed by atoms with Crippen molar-refractivity contribution in [3.8, 4) is 0 Å². The zero-order valence-electron chi connectivity index (χ0n) is 6.25. The van der Waals surface area contributed by atoms with E-state index >= 15 is 0 Å². The van der Waals surface area contributed by atoms with Crippen LogP contribution in [-0.4, -0.2) is 25.2 Å². The van der Waals surface area contributed by atoms with Crippen molar-refractivity contribution >= 4 is 0 Å². The molecule has 1 fully saturated rings. The summed E-state index contributed by atoms with van der Waals surface area (Å²) >= 11 is 0. The van der Waals surface area contributed by atoms with Gasteiger partial charge in [0.15, 0.2) is 5.67 Å². The van der Waals surface area contributed by atoms with Gasteiger partial charge >= 0.3 is 0 Å². The van der Waals surface area contributed by atoms with Gasteiger partial charge in [0.05, 0.1) is 0 Å². The summed E-state index contributed by atoms with van der Waals surface area (Å²) in [5.74, 6) is 0. The van der Waals surface area contributed by atoms with E-state index in [1.54, 1.807) is 0 Å². The fourth-order valence-corrected chi connectivity index (χ4v) is 1.27. The summed E-state index contributed by atoms with van der Waals surface area (Å²) in [5.41, 5.74) is -2.23. The third-order valence-corrected chi connectivity index (χ3v) is 2.05. The van der Waals surface area contributed by atoms with Crippen molar-refractivity contribution in [3.63, 3.8) is 0 Å². The van der Waals surface area contributed by atoms with Crippen LogP contribution in [0.4, 0.5) is 13.2 Å². The van der Waals surface area contributed by atoms with Crippen LogP contribution in [0.15, 0.2) is 0 Å². The van der Waals surface area contributed by atoms with Gasteiger partial charge in [-0.3, -0.25) is 0 Å². The van der Waals surface area contributed by atoms with Gasteiger partial charge in [-0.25, -0.2) is 13.2 Å². The fraction of sp³-hybridized carbons (Fsp3) is 1.00. The standard InChI is InChI=1S/C7H12F3N/c8-6(9)7(10)2-1-4-11-5-3-7/h6,11H,1-5H2. The van der Waals surface area contributed by atoms with Crippen LogP contribution in [0, 0.1) is 0 Å². The lowest BCUT2D eigenvalue weighted by molar-refractivity contribution is -0.0421. The summed E-state index contributed by atoms with van der Waals surface area (Å²) in [4.78, 5) is 0. The van der Waals surface area contributed by atoms with Gasteiger partial charge in [-0.1, -0.05) is 0 Å². The van der Waals surface area contributed by atoms with Crippen molar-refractivity contribution in [2.24, 2.45) is 0 Å². The molecule has 4 heteroatoms. The number of nitrogens with one attached hydrogen (secondary N) is 1. The molecule has 1 aliphatic heterocycles. The molecule has 1 unspecified atom stereocenters. The van der Waals surface area contributed by atoms with E-state index in [1.807, 2.05) is 0 Å². The van der Waals surface area contributed by atoms with E-state index in [0.29, 0.717) is 19.5 Å². The maximum absolute atomic E-state index is 13.2. The van der Waals surface area contributed by atoms with E-state index in [-0.39, 0.29) is 12.8 Å². The number of hydrogen-bond donors (Lipinski definition) is 1. The molecule has 66 valence electrons. The van der Waals surface area contributed by atoms with E-state index in [2.05, 4.69) is 5.32 Å². The molecule has 1 nitrogen and oxygen atoms in total. The molecule has 0 radical (unpaired) electrons. The molecule has 0 aromatic carbocycles. The van der Waals surface area contributed by atoms with E-state index < -0.39 is 12.1 Å². The Balaban J connectivity index is 2.52. The van der Waals surface area contributed by atoms with Gasteiger partial charge in [-0.15, -0.1) is 0 Å². The van der Waals surface area contributed by atoms with Gasteiger partial charge in [0.1, 0.15) is 0 Å². The van der Waals surface area contributed by atoms with Gasteiger partial charge in [0.2, 0.25) is 0 Å². The molecule has 1 aliphatic rings. The van der Waals surface area contributed by atoms with Crippen LogP contribution in [0.25, 0.3) is 0 Å². The number of alkyl halides is 3. The highest BCUT2D eigenvalue weighted by Crippen LogP contribution is 2.30. The minimum absolute atomic E-state index is 0.0162. The van der Waals surface area contributed by atoms with Crippen molar-refractivity contribution in [2.45, 2.75) is 31.4 Å². The second-order valence-electron chi connectivity index (χ2n) is 2.94. The molecule has 0 aromatic heterocycles. The summed E-state index contributed by atoms with van der Waals surface area (Å²) < 4.78 is 37.3. The van der Waals surface area contributed by atoms with Gasteiger partial charge in [-0.05, 0) is 32.4 Å². The SMILES string of the molecule is FC(F)C1(F)CCCNCC1. The average Bonchev–Trinajstić information content (AvgIpc) is 2.15. The number of hydrogen-bond acceptors (Lipinski definition) is 1. The minimum Gasteiger partial charge on any atom is -0.317 e. The second-order valence-corrected chi connectivity index (χ2v) is 2.94. The van der Waals surface area contributed by atoms with Crippen LogP contribution in [0.2, 0.25) is 0 Å². The Morgan fingerprint density at radius 2 is 1.91 bits per heavy atom. The highest BCUT2D eigenvalue weighted by molar-refractivity contribution is 4.85. The third-order valence-electron chi connectivity index (χ3n) is 2.05.